The summed E-state index contributed by atoms with van der Waals surface area (Å²) in [5.41, 5.74) is 1.91. The maximum absolute atomic E-state index is 12.3. The minimum atomic E-state index is -4.23. The number of nitrogens with zero attached hydrogens (tertiary/aromatic N) is 1. The lowest BCUT2D eigenvalue weighted by molar-refractivity contribution is -0.139. The van der Waals surface area contributed by atoms with Crippen LogP contribution in [0.1, 0.15) is 17.5 Å². The first-order valence-corrected chi connectivity index (χ1v) is 6.44. The molecule has 1 atom stereocenters. The number of hydrogen-bond acceptors (Lipinski definition) is 3. The molecule has 0 bridgehead atoms. The Balaban J connectivity index is 2.69. The molecule has 0 unspecified atom stereocenters. The molecule has 0 aliphatic heterocycles. The molecule has 1 aromatic carbocycles. The van der Waals surface area contributed by atoms with Gasteiger partial charge in [0.05, 0.1) is 19.1 Å². The molecule has 0 aliphatic rings. The predicted octanol–water partition coefficient (Wildman–Crippen LogP) is 2.10. The molecule has 0 spiro atoms. The summed E-state index contributed by atoms with van der Waals surface area (Å²) in [6.07, 6.45) is -6.20. The number of hydrogen-bond donors (Lipinski definition) is 2. The van der Waals surface area contributed by atoms with Crippen LogP contribution < -0.4 is 0 Å². The zero-order valence-electron chi connectivity index (χ0n) is 11.4. The highest BCUT2D eigenvalue weighted by atomic mass is 19.4. The van der Waals surface area contributed by atoms with E-state index >= 15 is 0 Å². The maximum Gasteiger partial charge on any atom is 0.390 e. The van der Waals surface area contributed by atoms with E-state index in [4.69, 9.17) is 5.11 Å². The molecule has 1 aromatic rings. The number of aryl methyl sites for hydroxylation is 1. The Morgan fingerprint density at radius 1 is 1.25 bits per heavy atom. The molecule has 0 amide bonds. The maximum atomic E-state index is 12.3. The molecule has 0 saturated heterocycles. The van der Waals surface area contributed by atoms with E-state index in [1.165, 1.54) is 4.90 Å². The van der Waals surface area contributed by atoms with Crippen LogP contribution in [0.25, 0.3) is 0 Å². The summed E-state index contributed by atoms with van der Waals surface area (Å²) >= 11 is 0. The van der Waals surface area contributed by atoms with Crippen molar-refractivity contribution in [2.45, 2.75) is 32.2 Å². The molecule has 20 heavy (non-hydrogen) atoms. The highest BCUT2D eigenvalue weighted by molar-refractivity contribution is 5.25. The van der Waals surface area contributed by atoms with Crippen LogP contribution in [-0.2, 0) is 6.54 Å². The molecule has 0 fully saturated rings. The van der Waals surface area contributed by atoms with Crippen molar-refractivity contribution in [3.8, 4) is 0 Å². The minimum absolute atomic E-state index is 0.0148. The Bertz CT molecular complexity index is 410. The van der Waals surface area contributed by atoms with Crippen LogP contribution in [0.3, 0.4) is 0 Å². The van der Waals surface area contributed by atoms with Gasteiger partial charge in [0.1, 0.15) is 0 Å². The van der Waals surface area contributed by atoms with Crippen molar-refractivity contribution in [3.63, 3.8) is 0 Å². The van der Waals surface area contributed by atoms with Gasteiger partial charge in [-0.05, 0) is 18.1 Å². The van der Waals surface area contributed by atoms with Gasteiger partial charge in [-0.2, -0.15) is 13.2 Å². The van der Waals surface area contributed by atoms with Crippen molar-refractivity contribution >= 4 is 0 Å². The second-order valence-electron chi connectivity index (χ2n) is 4.86. The lowest BCUT2D eigenvalue weighted by Crippen LogP contribution is -2.36. The van der Waals surface area contributed by atoms with E-state index in [9.17, 15) is 18.3 Å². The van der Waals surface area contributed by atoms with Crippen molar-refractivity contribution in [1.82, 2.24) is 4.90 Å². The van der Waals surface area contributed by atoms with Gasteiger partial charge in [0.15, 0.2) is 0 Å². The van der Waals surface area contributed by atoms with Crippen LogP contribution in [-0.4, -0.2) is 47.1 Å². The van der Waals surface area contributed by atoms with Gasteiger partial charge in [0.2, 0.25) is 0 Å². The molecular weight excluding hydrogens is 271 g/mol. The highest BCUT2D eigenvalue weighted by Gasteiger charge is 2.28. The second kappa shape index (κ2) is 7.61. The number of alkyl halides is 3. The van der Waals surface area contributed by atoms with Crippen molar-refractivity contribution < 1.29 is 23.4 Å². The van der Waals surface area contributed by atoms with E-state index in [-0.39, 0.29) is 13.1 Å². The van der Waals surface area contributed by atoms with Crippen molar-refractivity contribution in [3.05, 3.63) is 35.4 Å². The van der Waals surface area contributed by atoms with Crippen LogP contribution in [0.15, 0.2) is 24.3 Å². The third-order valence-corrected chi connectivity index (χ3v) is 3.05. The minimum Gasteiger partial charge on any atom is -0.394 e. The van der Waals surface area contributed by atoms with Gasteiger partial charge in [-0.3, -0.25) is 4.90 Å². The predicted molar refractivity (Wildman–Crippen MR) is 70.2 cm³/mol. The largest absolute Gasteiger partial charge is 0.394 e. The molecule has 114 valence electrons. The van der Waals surface area contributed by atoms with Gasteiger partial charge in [-0.1, -0.05) is 24.3 Å². The fourth-order valence-electron chi connectivity index (χ4n) is 1.90. The summed E-state index contributed by atoms with van der Waals surface area (Å²) in [5.74, 6) is 0. The van der Waals surface area contributed by atoms with E-state index in [1.807, 2.05) is 31.2 Å². The Morgan fingerprint density at radius 3 is 2.45 bits per heavy atom. The molecule has 6 heteroatoms. The van der Waals surface area contributed by atoms with E-state index in [0.717, 1.165) is 11.1 Å². The summed E-state index contributed by atoms with van der Waals surface area (Å²) in [4.78, 5) is 1.51. The van der Waals surface area contributed by atoms with E-state index in [2.05, 4.69) is 0 Å². The van der Waals surface area contributed by atoms with Crippen LogP contribution >= 0.6 is 0 Å². The van der Waals surface area contributed by atoms with E-state index < -0.39 is 25.3 Å². The normalized spacial score (nSPS) is 13.8. The third kappa shape index (κ3) is 6.36. The molecule has 3 nitrogen and oxygen atoms in total. The van der Waals surface area contributed by atoms with Gasteiger partial charge in [0.25, 0.3) is 0 Å². The van der Waals surface area contributed by atoms with Crippen molar-refractivity contribution in [1.29, 1.82) is 0 Å². The summed E-state index contributed by atoms with van der Waals surface area (Å²) in [6.45, 7) is 1.56. The van der Waals surface area contributed by atoms with Crippen LogP contribution in [0.4, 0.5) is 13.2 Å². The van der Waals surface area contributed by atoms with Crippen molar-refractivity contribution in [2.24, 2.45) is 0 Å². The van der Waals surface area contributed by atoms with Crippen LogP contribution in [0.5, 0.6) is 0 Å². The standard InChI is InChI=1S/C14H20F3NO2/c1-11-4-2-3-5-12(11)8-18(9-13(20)10-19)7-6-14(15,16)17/h2-5,13,19-20H,6-10H2,1H3/t13-/m0/s1. The topological polar surface area (TPSA) is 43.7 Å². The number of rotatable bonds is 7. The first kappa shape index (κ1) is 16.9. The van der Waals surface area contributed by atoms with Gasteiger partial charge in [-0.25, -0.2) is 0 Å². The van der Waals surface area contributed by atoms with Gasteiger partial charge in [-0.15, -0.1) is 0 Å². The fourth-order valence-corrected chi connectivity index (χ4v) is 1.90. The molecular formula is C14H20F3NO2. The summed E-state index contributed by atoms with van der Waals surface area (Å²) < 4.78 is 36.9. The zero-order valence-corrected chi connectivity index (χ0v) is 11.4. The lowest BCUT2D eigenvalue weighted by atomic mass is 10.1. The van der Waals surface area contributed by atoms with Gasteiger partial charge >= 0.3 is 6.18 Å². The molecule has 0 aliphatic carbocycles. The Kier molecular flexibility index (Phi) is 6.45. The average Bonchev–Trinajstić information content (AvgIpc) is 2.37. The highest BCUT2D eigenvalue weighted by Crippen LogP contribution is 2.21. The molecule has 0 heterocycles. The second-order valence-corrected chi connectivity index (χ2v) is 4.86. The molecule has 0 aromatic heterocycles. The monoisotopic (exact) mass is 291 g/mol. The first-order valence-electron chi connectivity index (χ1n) is 6.44. The lowest BCUT2D eigenvalue weighted by Gasteiger charge is -2.25. The van der Waals surface area contributed by atoms with E-state index in [0.29, 0.717) is 6.54 Å². The number of aliphatic hydroxyl groups excluding tert-OH is 2. The van der Waals surface area contributed by atoms with Gasteiger partial charge < -0.3 is 10.2 Å². The molecule has 0 radical (unpaired) electrons. The number of benzene rings is 1. The quantitative estimate of drug-likeness (QED) is 0.808. The molecule has 1 rings (SSSR count). The van der Waals surface area contributed by atoms with Gasteiger partial charge in [0, 0.05) is 19.6 Å². The van der Waals surface area contributed by atoms with Crippen molar-refractivity contribution in [2.75, 3.05) is 19.7 Å². The zero-order chi connectivity index (χ0) is 15.2. The Labute approximate surface area is 116 Å². The number of halogens is 3. The SMILES string of the molecule is Cc1ccccc1CN(CCC(F)(F)F)C[C@H](O)CO. The first-order chi connectivity index (χ1) is 9.31. The summed E-state index contributed by atoms with van der Waals surface area (Å²) in [5, 5.41) is 18.3. The fraction of sp³-hybridized carbons (Fsp3) is 0.571. The Morgan fingerprint density at radius 2 is 1.90 bits per heavy atom. The van der Waals surface area contributed by atoms with Crippen LogP contribution in [0.2, 0.25) is 0 Å². The summed E-state index contributed by atoms with van der Waals surface area (Å²) in [6, 6.07) is 7.43. The number of aliphatic hydroxyl groups is 2. The average molecular weight is 291 g/mol. The molecule has 0 saturated carbocycles. The summed E-state index contributed by atoms with van der Waals surface area (Å²) in [7, 11) is 0. The molecule has 2 N–H and O–H groups in total. The Hall–Kier alpha value is -1.11. The third-order valence-electron chi connectivity index (χ3n) is 3.05. The smallest absolute Gasteiger partial charge is 0.390 e. The van der Waals surface area contributed by atoms with Crippen LogP contribution in [0, 0.1) is 6.92 Å². The van der Waals surface area contributed by atoms with E-state index in [1.54, 1.807) is 0 Å².